The molecule has 2 aromatic carbocycles. The zero-order chi connectivity index (χ0) is 19.5. The highest BCUT2D eigenvalue weighted by atomic mass is 16.5. The van der Waals surface area contributed by atoms with E-state index in [4.69, 9.17) is 14.2 Å². The highest BCUT2D eigenvalue weighted by Crippen LogP contribution is 2.43. The molecule has 2 aliphatic rings. The number of methoxy groups -OCH3 is 2. The van der Waals surface area contributed by atoms with Crippen molar-refractivity contribution in [1.82, 2.24) is 10.2 Å². The second kappa shape index (κ2) is 8.10. The van der Waals surface area contributed by atoms with E-state index in [1.807, 2.05) is 35.2 Å². The molecule has 0 aromatic heterocycles. The Balaban J connectivity index is 1.49. The molecule has 2 fully saturated rings. The number of carbonyl (C=O) groups is 1. The van der Waals surface area contributed by atoms with Gasteiger partial charge in [-0.2, -0.15) is 0 Å². The Bertz CT molecular complexity index is 824. The Morgan fingerprint density at radius 1 is 1.04 bits per heavy atom. The number of likely N-dealkylation sites (tertiary alicyclic amines) is 1. The number of carbonyl (C=O) groups excluding carboxylic acids is 1. The topological polar surface area (TPSA) is 60.0 Å². The first-order valence-electron chi connectivity index (χ1n) is 9.60. The number of hydrogen-bond donors (Lipinski definition) is 1. The van der Waals surface area contributed by atoms with Crippen molar-refractivity contribution in [3.05, 3.63) is 54.1 Å². The van der Waals surface area contributed by atoms with Crippen LogP contribution in [0.4, 0.5) is 0 Å². The predicted octanol–water partition coefficient (Wildman–Crippen LogP) is 2.50. The molecule has 4 rings (SSSR count). The maximum atomic E-state index is 13.0. The first kappa shape index (κ1) is 18.6. The van der Waals surface area contributed by atoms with Gasteiger partial charge in [-0.15, -0.1) is 0 Å². The van der Waals surface area contributed by atoms with Crippen LogP contribution < -0.4 is 19.5 Å². The molecule has 0 bridgehead atoms. The average Bonchev–Trinajstić information content (AvgIpc) is 3.33. The van der Waals surface area contributed by atoms with Crippen molar-refractivity contribution in [2.45, 2.75) is 6.04 Å². The fourth-order valence-corrected chi connectivity index (χ4v) is 4.32. The third-order valence-corrected chi connectivity index (χ3v) is 5.75. The molecule has 0 radical (unpaired) electrons. The lowest BCUT2D eigenvalue weighted by Gasteiger charge is -2.28. The van der Waals surface area contributed by atoms with Crippen molar-refractivity contribution in [3.63, 3.8) is 0 Å². The number of fused-ring (bicyclic) bond motifs is 1. The van der Waals surface area contributed by atoms with Crippen LogP contribution in [0.3, 0.4) is 0 Å². The van der Waals surface area contributed by atoms with Gasteiger partial charge in [-0.3, -0.25) is 4.79 Å². The first-order valence-corrected chi connectivity index (χ1v) is 9.60. The lowest BCUT2D eigenvalue weighted by Crippen LogP contribution is -2.37. The number of ether oxygens (including phenoxy) is 3. The number of benzene rings is 2. The van der Waals surface area contributed by atoms with Crippen LogP contribution in [-0.4, -0.2) is 51.3 Å². The molecule has 0 spiro atoms. The number of nitrogens with one attached hydrogen (secondary N) is 1. The standard InChI is InChI=1S/C22H26N2O4/c1-26-17-8-6-15(7-9-17)22-20-12-23-11-16(20)13-24(22)21(25)14-28-19-5-3-4-18(10-19)27-2/h3-10,16,20,22-23H,11-14H2,1-2H3/t16-,20-,22+/m0/s1. The van der Waals surface area contributed by atoms with Crippen LogP contribution in [-0.2, 0) is 4.79 Å². The van der Waals surface area contributed by atoms with Crippen LogP contribution in [0.15, 0.2) is 48.5 Å². The van der Waals surface area contributed by atoms with Gasteiger partial charge in [0.1, 0.15) is 17.2 Å². The molecule has 3 atom stereocenters. The Kier molecular flexibility index (Phi) is 5.39. The third kappa shape index (κ3) is 3.64. The summed E-state index contributed by atoms with van der Waals surface area (Å²) in [5.41, 5.74) is 1.15. The minimum absolute atomic E-state index is 0.0121. The van der Waals surface area contributed by atoms with Crippen molar-refractivity contribution >= 4 is 5.91 Å². The highest BCUT2D eigenvalue weighted by molar-refractivity contribution is 5.79. The molecular formula is C22H26N2O4. The van der Waals surface area contributed by atoms with E-state index >= 15 is 0 Å². The van der Waals surface area contributed by atoms with Gasteiger partial charge in [0.15, 0.2) is 6.61 Å². The zero-order valence-corrected chi connectivity index (χ0v) is 16.3. The quantitative estimate of drug-likeness (QED) is 0.832. The summed E-state index contributed by atoms with van der Waals surface area (Å²) in [4.78, 5) is 15.0. The predicted molar refractivity (Wildman–Crippen MR) is 106 cm³/mol. The van der Waals surface area contributed by atoms with Gasteiger partial charge in [-0.05, 0) is 35.7 Å². The molecule has 28 heavy (non-hydrogen) atoms. The Morgan fingerprint density at radius 3 is 2.54 bits per heavy atom. The van der Waals surface area contributed by atoms with Gasteiger partial charge in [0.2, 0.25) is 0 Å². The number of rotatable bonds is 6. The van der Waals surface area contributed by atoms with E-state index in [0.29, 0.717) is 23.3 Å². The molecule has 6 heteroatoms. The minimum atomic E-state index is 0.0121. The summed E-state index contributed by atoms with van der Waals surface area (Å²) in [6.45, 7) is 2.67. The summed E-state index contributed by atoms with van der Waals surface area (Å²) in [5.74, 6) is 3.08. The second-order valence-corrected chi connectivity index (χ2v) is 7.31. The summed E-state index contributed by atoms with van der Waals surface area (Å²) >= 11 is 0. The molecule has 0 unspecified atom stereocenters. The van der Waals surface area contributed by atoms with Crippen LogP contribution in [0.25, 0.3) is 0 Å². The Labute approximate surface area is 165 Å². The first-order chi connectivity index (χ1) is 13.7. The lowest BCUT2D eigenvalue weighted by molar-refractivity contribution is -0.134. The fourth-order valence-electron chi connectivity index (χ4n) is 4.32. The molecule has 1 amide bonds. The van der Waals surface area contributed by atoms with E-state index in [0.717, 1.165) is 30.9 Å². The van der Waals surface area contributed by atoms with Gasteiger partial charge in [-0.1, -0.05) is 18.2 Å². The van der Waals surface area contributed by atoms with E-state index in [9.17, 15) is 4.79 Å². The number of amides is 1. The van der Waals surface area contributed by atoms with Gasteiger partial charge in [-0.25, -0.2) is 0 Å². The van der Waals surface area contributed by atoms with Crippen LogP contribution in [0.1, 0.15) is 11.6 Å². The van der Waals surface area contributed by atoms with E-state index < -0.39 is 0 Å². The number of hydrogen-bond acceptors (Lipinski definition) is 5. The van der Waals surface area contributed by atoms with E-state index in [-0.39, 0.29) is 18.6 Å². The lowest BCUT2D eigenvalue weighted by atomic mass is 9.89. The van der Waals surface area contributed by atoms with E-state index in [2.05, 4.69) is 17.4 Å². The molecule has 2 aliphatic heterocycles. The number of nitrogens with zero attached hydrogens (tertiary/aromatic N) is 1. The van der Waals surface area contributed by atoms with Crippen LogP contribution in [0.5, 0.6) is 17.2 Å². The Hall–Kier alpha value is -2.73. The van der Waals surface area contributed by atoms with Gasteiger partial charge in [0, 0.05) is 31.6 Å². The molecule has 1 N–H and O–H groups in total. The van der Waals surface area contributed by atoms with Gasteiger partial charge >= 0.3 is 0 Å². The largest absolute Gasteiger partial charge is 0.497 e. The Morgan fingerprint density at radius 2 is 1.79 bits per heavy atom. The molecule has 6 nitrogen and oxygen atoms in total. The van der Waals surface area contributed by atoms with Crippen LogP contribution in [0, 0.1) is 11.8 Å². The smallest absolute Gasteiger partial charge is 0.261 e. The van der Waals surface area contributed by atoms with Gasteiger partial charge in [0.25, 0.3) is 5.91 Å². The SMILES string of the molecule is COc1ccc([C@@H]2[C@H]3CNC[C@H]3CN2C(=O)COc2cccc(OC)c2)cc1. The van der Waals surface area contributed by atoms with Crippen LogP contribution in [0.2, 0.25) is 0 Å². The minimum Gasteiger partial charge on any atom is -0.497 e. The summed E-state index contributed by atoms with van der Waals surface area (Å²) in [5, 5.41) is 3.47. The van der Waals surface area contributed by atoms with Crippen molar-refractivity contribution in [1.29, 1.82) is 0 Å². The summed E-state index contributed by atoms with van der Waals surface area (Å²) < 4.78 is 16.2. The summed E-state index contributed by atoms with van der Waals surface area (Å²) in [6.07, 6.45) is 0. The van der Waals surface area contributed by atoms with Crippen molar-refractivity contribution < 1.29 is 19.0 Å². The van der Waals surface area contributed by atoms with E-state index in [1.165, 1.54) is 0 Å². The summed E-state index contributed by atoms with van der Waals surface area (Å²) in [6, 6.07) is 15.4. The molecule has 0 saturated carbocycles. The molecule has 0 aliphatic carbocycles. The fraction of sp³-hybridized carbons (Fsp3) is 0.409. The normalized spacial score (nSPS) is 23.4. The monoisotopic (exact) mass is 382 g/mol. The molecule has 2 heterocycles. The maximum absolute atomic E-state index is 13.0. The molecule has 2 aromatic rings. The van der Waals surface area contributed by atoms with Crippen molar-refractivity contribution in [2.24, 2.45) is 11.8 Å². The zero-order valence-electron chi connectivity index (χ0n) is 16.3. The average molecular weight is 382 g/mol. The molecule has 2 saturated heterocycles. The summed E-state index contributed by atoms with van der Waals surface area (Å²) in [7, 11) is 3.27. The van der Waals surface area contributed by atoms with Gasteiger partial charge in [0.05, 0.1) is 20.3 Å². The highest BCUT2D eigenvalue weighted by Gasteiger charge is 2.46. The second-order valence-electron chi connectivity index (χ2n) is 7.31. The van der Waals surface area contributed by atoms with E-state index in [1.54, 1.807) is 20.3 Å². The van der Waals surface area contributed by atoms with Crippen molar-refractivity contribution in [2.75, 3.05) is 40.5 Å². The van der Waals surface area contributed by atoms with Crippen LogP contribution >= 0.6 is 0 Å². The third-order valence-electron chi connectivity index (χ3n) is 5.75. The van der Waals surface area contributed by atoms with Gasteiger partial charge < -0.3 is 24.4 Å². The molecular weight excluding hydrogens is 356 g/mol. The maximum Gasteiger partial charge on any atom is 0.261 e. The van der Waals surface area contributed by atoms with Crippen molar-refractivity contribution in [3.8, 4) is 17.2 Å². The molecule has 148 valence electrons.